The van der Waals surface area contributed by atoms with Gasteiger partial charge in [0.15, 0.2) is 0 Å². The highest BCUT2D eigenvalue weighted by Crippen LogP contribution is 2.41. The summed E-state index contributed by atoms with van der Waals surface area (Å²) < 4.78 is 4.95. The number of hydrogen-bond acceptors (Lipinski definition) is 5. The second-order valence-electron chi connectivity index (χ2n) is 8.67. The van der Waals surface area contributed by atoms with Crippen molar-refractivity contribution >= 4 is 11.9 Å². The number of rotatable bonds is 5. The van der Waals surface area contributed by atoms with Gasteiger partial charge in [0.05, 0.1) is 18.6 Å². The Morgan fingerprint density at radius 2 is 1.83 bits per heavy atom. The Kier molecular flexibility index (Phi) is 6.06. The van der Waals surface area contributed by atoms with E-state index in [1.807, 2.05) is 0 Å². The van der Waals surface area contributed by atoms with E-state index in [1.54, 1.807) is 18.1 Å². The molecule has 2 atom stereocenters. The highest BCUT2D eigenvalue weighted by Gasteiger charge is 2.44. The molecule has 0 bridgehead atoms. The zero-order valence-corrected chi connectivity index (χ0v) is 18.1. The van der Waals surface area contributed by atoms with Gasteiger partial charge in [0, 0.05) is 58.4 Å². The molecule has 0 aromatic heterocycles. The summed E-state index contributed by atoms with van der Waals surface area (Å²) in [5, 5.41) is 0. The molecule has 0 radical (unpaired) electrons. The number of hydrogen-bond donors (Lipinski definition) is 0. The number of esters is 1. The second kappa shape index (κ2) is 8.74. The minimum atomic E-state index is -0.330. The van der Waals surface area contributed by atoms with Gasteiger partial charge < -0.3 is 9.64 Å². The van der Waals surface area contributed by atoms with Crippen LogP contribution in [-0.2, 0) is 20.9 Å². The third-order valence-corrected chi connectivity index (χ3v) is 6.56. The molecular formula is C24H31N3O3. The molecule has 4 rings (SSSR count). The van der Waals surface area contributed by atoms with E-state index >= 15 is 0 Å². The summed E-state index contributed by atoms with van der Waals surface area (Å²) in [7, 11) is 3.12. The predicted molar refractivity (Wildman–Crippen MR) is 115 cm³/mol. The summed E-state index contributed by atoms with van der Waals surface area (Å²) >= 11 is 0. The average molecular weight is 410 g/mol. The largest absolute Gasteiger partial charge is 0.466 e. The molecule has 1 aliphatic carbocycles. The third kappa shape index (κ3) is 4.20. The van der Waals surface area contributed by atoms with Gasteiger partial charge >= 0.3 is 5.97 Å². The molecule has 0 spiro atoms. The molecule has 1 aromatic rings. The van der Waals surface area contributed by atoms with Crippen LogP contribution in [0.4, 0.5) is 0 Å². The minimum Gasteiger partial charge on any atom is -0.466 e. The lowest BCUT2D eigenvalue weighted by molar-refractivity contribution is -0.138. The molecule has 1 aromatic carbocycles. The lowest BCUT2D eigenvalue weighted by Gasteiger charge is -2.37. The fourth-order valence-electron chi connectivity index (χ4n) is 4.94. The van der Waals surface area contributed by atoms with E-state index in [0.29, 0.717) is 5.57 Å². The molecule has 30 heavy (non-hydrogen) atoms. The van der Waals surface area contributed by atoms with Crippen LogP contribution in [-0.4, -0.2) is 73.5 Å². The van der Waals surface area contributed by atoms with Gasteiger partial charge in [-0.2, -0.15) is 0 Å². The number of fused-ring (bicyclic) bond motifs is 1. The number of carbonyl (C=O) groups excluding carboxylic acids is 2. The molecule has 1 amide bonds. The molecule has 160 valence electrons. The first-order chi connectivity index (χ1) is 14.5. The van der Waals surface area contributed by atoms with Crippen molar-refractivity contribution < 1.29 is 14.3 Å². The highest BCUT2D eigenvalue weighted by atomic mass is 16.5. The van der Waals surface area contributed by atoms with Crippen LogP contribution < -0.4 is 0 Å². The number of allylic oxidation sites excluding steroid dienone is 1. The Morgan fingerprint density at radius 3 is 2.50 bits per heavy atom. The van der Waals surface area contributed by atoms with E-state index in [9.17, 15) is 9.59 Å². The molecule has 1 saturated heterocycles. The standard InChI is InChI=1S/C24H31N3O3/c1-17-5-4-6-18(13-17)14-26-9-11-27(12-10-26)15-19-7-8-20-21(24(29)30-3)16-25(2)23(28)22(19)20/h4-7,13,16,20,22H,8-12,14-15H2,1-3H3/t20-,22-/m1/s1. The first-order valence-corrected chi connectivity index (χ1v) is 10.7. The van der Waals surface area contributed by atoms with Crippen LogP contribution in [0.1, 0.15) is 17.5 Å². The van der Waals surface area contributed by atoms with Crippen molar-refractivity contribution in [3.8, 4) is 0 Å². The fraction of sp³-hybridized carbons (Fsp3) is 0.500. The van der Waals surface area contributed by atoms with Crippen LogP contribution in [0, 0.1) is 18.8 Å². The van der Waals surface area contributed by atoms with Gasteiger partial charge in [-0.15, -0.1) is 0 Å². The number of amides is 1. The molecule has 1 fully saturated rings. The summed E-state index contributed by atoms with van der Waals surface area (Å²) in [6.45, 7) is 7.95. The third-order valence-electron chi connectivity index (χ3n) is 6.56. The maximum absolute atomic E-state index is 12.9. The van der Waals surface area contributed by atoms with E-state index in [4.69, 9.17) is 4.74 Å². The summed E-state index contributed by atoms with van der Waals surface area (Å²) in [5.41, 5.74) is 4.43. The number of ether oxygens (including phenoxy) is 1. The summed E-state index contributed by atoms with van der Waals surface area (Å²) in [6, 6.07) is 8.71. The smallest absolute Gasteiger partial charge is 0.335 e. The Balaban J connectivity index is 1.35. The lowest BCUT2D eigenvalue weighted by Crippen LogP contribution is -2.47. The second-order valence-corrected chi connectivity index (χ2v) is 8.67. The van der Waals surface area contributed by atoms with Crippen LogP contribution >= 0.6 is 0 Å². The molecule has 0 unspecified atom stereocenters. The van der Waals surface area contributed by atoms with Gasteiger partial charge in [0.25, 0.3) is 0 Å². The summed E-state index contributed by atoms with van der Waals surface area (Å²) in [5.74, 6) is -0.573. The highest BCUT2D eigenvalue weighted by molar-refractivity contribution is 5.95. The molecule has 6 nitrogen and oxygen atoms in total. The van der Waals surface area contributed by atoms with Crippen molar-refractivity contribution in [3.63, 3.8) is 0 Å². The zero-order chi connectivity index (χ0) is 21.3. The van der Waals surface area contributed by atoms with Crippen molar-refractivity contribution in [1.82, 2.24) is 14.7 Å². The normalized spacial score (nSPS) is 25.0. The molecule has 6 heteroatoms. The van der Waals surface area contributed by atoms with E-state index in [-0.39, 0.29) is 23.7 Å². The van der Waals surface area contributed by atoms with Crippen LogP contribution in [0.15, 0.2) is 47.7 Å². The van der Waals surface area contributed by atoms with Crippen LogP contribution in [0.5, 0.6) is 0 Å². The molecule has 0 saturated carbocycles. The van der Waals surface area contributed by atoms with Gasteiger partial charge in [-0.25, -0.2) is 4.79 Å². The number of benzene rings is 1. The Morgan fingerprint density at radius 1 is 1.13 bits per heavy atom. The van der Waals surface area contributed by atoms with E-state index in [0.717, 1.165) is 51.3 Å². The lowest BCUT2D eigenvalue weighted by atomic mass is 9.82. The van der Waals surface area contributed by atoms with Gasteiger partial charge in [-0.3, -0.25) is 14.6 Å². The molecule has 2 heterocycles. The maximum atomic E-state index is 12.9. The molecule has 0 N–H and O–H groups in total. The van der Waals surface area contributed by atoms with Gasteiger partial charge in [-0.05, 0) is 24.5 Å². The fourth-order valence-corrected chi connectivity index (χ4v) is 4.94. The maximum Gasteiger partial charge on any atom is 0.335 e. The van der Waals surface area contributed by atoms with Crippen LogP contribution in [0.25, 0.3) is 0 Å². The molecule has 3 aliphatic rings. The number of methoxy groups -OCH3 is 1. The average Bonchev–Trinajstić information content (AvgIpc) is 3.15. The van der Waals surface area contributed by atoms with Gasteiger partial charge in [0.1, 0.15) is 0 Å². The van der Waals surface area contributed by atoms with Crippen LogP contribution in [0.3, 0.4) is 0 Å². The Labute approximate surface area is 178 Å². The first-order valence-electron chi connectivity index (χ1n) is 10.7. The summed E-state index contributed by atoms with van der Waals surface area (Å²) in [6.07, 6.45) is 4.55. The molecule has 2 aliphatic heterocycles. The van der Waals surface area contributed by atoms with Crippen molar-refractivity contribution in [1.29, 1.82) is 0 Å². The minimum absolute atomic E-state index is 0.0782. The summed E-state index contributed by atoms with van der Waals surface area (Å²) in [4.78, 5) is 31.5. The SMILES string of the molecule is COC(=O)C1=CN(C)C(=O)[C@@H]2C(CN3CCN(Cc4cccc(C)c4)CC3)=CC[C@H]12. The quantitative estimate of drug-likeness (QED) is 0.551. The monoisotopic (exact) mass is 409 g/mol. The number of carbonyl (C=O) groups is 2. The van der Waals surface area contributed by atoms with Crippen molar-refractivity contribution in [3.05, 3.63) is 58.8 Å². The van der Waals surface area contributed by atoms with E-state index in [1.165, 1.54) is 18.2 Å². The Hall–Kier alpha value is -2.44. The number of nitrogens with zero attached hydrogens (tertiary/aromatic N) is 3. The van der Waals surface area contributed by atoms with Crippen molar-refractivity contribution in [2.24, 2.45) is 11.8 Å². The van der Waals surface area contributed by atoms with E-state index < -0.39 is 0 Å². The molecular weight excluding hydrogens is 378 g/mol. The van der Waals surface area contributed by atoms with Crippen molar-refractivity contribution in [2.75, 3.05) is 46.9 Å². The number of aryl methyl sites for hydroxylation is 1. The van der Waals surface area contributed by atoms with Gasteiger partial charge in [-0.1, -0.05) is 35.9 Å². The predicted octanol–water partition coefficient (Wildman–Crippen LogP) is 2.20. The Bertz CT molecular complexity index is 883. The number of piperazine rings is 1. The van der Waals surface area contributed by atoms with Crippen LogP contribution in [0.2, 0.25) is 0 Å². The van der Waals surface area contributed by atoms with E-state index in [2.05, 4.69) is 47.1 Å². The van der Waals surface area contributed by atoms with Gasteiger partial charge in [0.2, 0.25) is 5.91 Å². The topological polar surface area (TPSA) is 53.1 Å². The van der Waals surface area contributed by atoms with Crippen molar-refractivity contribution in [2.45, 2.75) is 19.9 Å². The first kappa shape index (κ1) is 20.8. The zero-order valence-electron chi connectivity index (χ0n) is 18.1.